The summed E-state index contributed by atoms with van der Waals surface area (Å²) in [6, 6.07) is 14.2. The zero-order chi connectivity index (χ0) is 20.0. The van der Waals surface area contributed by atoms with Crippen molar-refractivity contribution in [3.8, 4) is 0 Å². The van der Waals surface area contributed by atoms with Gasteiger partial charge in [0, 0.05) is 25.3 Å². The van der Waals surface area contributed by atoms with E-state index in [2.05, 4.69) is 14.4 Å². The first-order valence-corrected chi connectivity index (χ1v) is 10.7. The standard InChI is InChI=1S/C20H24N2O5S/c1-26-20(23)18-6-2-17(3-7-18)15-28(24,25)21-14-16-4-8-19(9-5-16)22-10-12-27-13-11-22/h2-9,21H,10-15H2,1H3. The van der Waals surface area contributed by atoms with Crippen molar-refractivity contribution in [3.05, 3.63) is 65.2 Å². The van der Waals surface area contributed by atoms with Gasteiger partial charge in [0.2, 0.25) is 10.0 Å². The summed E-state index contributed by atoms with van der Waals surface area (Å²) in [5, 5.41) is 0. The van der Waals surface area contributed by atoms with Crippen LogP contribution in [0, 0.1) is 0 Å². The molecule has 1 heterocycles. The number of sulfonamides is 1. The van der Waals surface area contributed by atoms with Crippen LogP contribution in [-0.2, 0) is 31.8 Å². The van der Waals surface area contributed by atoms with E-state index in [0.29, 0.717) is 11.1 Å². The number of ether oxygens (including phenoxy) is 2. The second-order valence-corrected chi connectivity index (χ2v) is 8.34. The van der Waals surface area contributed by atoms with Gasteiger partial charge in [-0.25, -0.2) is 17.9 Å². The van der Waals surface area contributed by atoms with Gasteiger partial charge in [-0.05, 0) is 35.4 Å². The average Bonchev–Trinajstić information content (AvgIpc) is 2.73. The van der Waals surface area contributed by atoms with E-state index < -0.39 is 16.0 Å². The maximum Gasteiger partial charge on any atom is 0.337 e. The van der Waals surface area contributed by atoms with Gasteiger partial charge < -0.3 is 14.4 Å². The third-order valence-electron chi connectivity index (χ3n) is 4.54. The zero-order valence-corrected chi connectivity index (χ0v) is 16.6. The van der Waals surface area contributed by atoms with Gasteiger partial charge in [-0.3, -0.25) is 0 Å². The number of hydrogen-bond donors (Lipinski definition) is 1. The van der Waals surface area contributed by atoms with Crippen LogP contribution in [0.3, 0.4) is 0 Å². The fraction of sp³-hybridized carbons (Fsp3) is 0.350. The largest absolute Gasteiger partial charge is 0.465 e. The van der Waals surface area contributed by atoms with E-state index in [9.17, 15) is 13.2 Å². The minimum Gasteiger partial charge on any atom is -0.465 e. The van der Waals surface area contributed by atoms with Gasteiger partial charge in [-0.1, -0.05) is 24.3 Å². The first kappa shape index (κ1) is 20.3. The number of methoxy groups -OCH3 is 1. The Hall–Kier alpha value is -2.42. The van der Waals surface area contributed by atoms with Crippen molar-refractivity contribution in [3.63, 3.8) is 0 Å². The van der Waals surface area contributed by atoms with Crippen LogP contribution in [0.1, 0.15) is 21.5 Å². The SMILES string of the molecule is COC(=O)c1ccc(CS(=O)(=O)NCc2ccc(N3CCOCC3)cc2)cc1. The molecule has 3 rings (SSSR count). The lowest BCUT2D eigenvalue weighted by Gasteiger charge is -2.28. The predicted octanol–water partition coefficient (Wildman–Crippen LogP) is 1.93. The molecule has 2 aromatic rings. The van der Waals surface area contributed by atoms with Crippen LogP contribution in [0.25, 0.3) is 0 Å². The van der Waals surface area contributed by atoms with E-state index in [1.165, 1.54) is 7.11 Å². The fourth-order valence-electron chi connectivity index (χ4n) is 2.96. The van der Waals surface area contributed by atoms with Crippen molar-refractivity contribution >= 4 is 21.7 Å². The Kier molecular flexibility index (Phi) is 6.66. The molecule has 0 unspecified atom stereocenters. The van der Waals surface area contributed by atoms with Crippen molar-refractivity contribution in [1.29, 1.82) is 0 Å². The molecule has 1 saturated heterocycles. The van der Waals surface area contributed by atoms with E-state index in [1.807, 2.05) is 24.3 Å². The van der Waals surface area contributed by atoms with Crippen LogP contribution in [0.2, 0.25) is 0 Å². The molecular formula is C20H24N2O5S. The molecule has 2 aromatic carbocycles. The molecule has 1 aliphatic rings. The number of anilines is 1. The Balaban J connectivity index is 1.55. The van der Waals surface area contributed by atoms with Gasteiger partial charge in [0.1, 0.15) is 0 Å². The van der Waals surface area contributed by atoms with E-state index >= 15 is 0 Å². The summed E-state index contributed by atoms with van der Waals surface area (Å²) in [5.41, 5.74) is 2.99. The summed E-state index contributed by atoms with van der Waals surface area (Å²) in [6.45, 7) is 3.40. The molecule has 1 fully saturated rings. The highest BCUT2D eigenvalue weighted by Gasteiger charge is 2.14. The molecule has 1 N–H and O–H groups in total. The van der Waals surface area contributed by atoms with Crippen LogP contribution in [0.5, 0.6) is 0 Å². The molecule has 0 aromatic heterocycles. The molecule has 8 heteroatoms. The van der Waals surface area contributed by atoms with Crippen LogP contribution in [-0.4, -0.2) is 47.8 Å². The Labute approximate surface area is 165 Å². The van der Waals surface area contributed by atoms with Gasteiger partial charge in [0.25, 0.3) is 0 Å². The molecule has 1 aliphatic heterocycles. The van der Waals surface area contributed by atoms with Crippen molar-refractivity contribution in [1.82, 2.24) is 4.72 Å². The first-order chi connectivity index (χ1) is 13.5. The quantitative estimate of drug-likeness (QED) is 0.710. The Morgan fingerprint density at radius 3 is 2.25 bits per heavy atom. The second kappa shape index (κ2) is 9.18. The summed E-state index contributed by atoms with van der Waals surface area (Å²) >= 11 is 0. The topological polar surface area (TPSA) is 84.9 Å². The minimum atomic E-state index is -3.50. The van der Waals surface area contributed by atoms with E-state index in [-0.39, 0.29) is 12.3 Å². The van der Waals surface area contributed by atoms with Crippen molar-refractivity contribution < 1.29 is 22.7 Å². The highest BCUT2D eigenvalue weighted by Crippen LogP contribution is 2.17. The molecular weight excluding hydrogens is 380 g/mol. The maximum absolute atomic E-state index is 12.3. The summed E-state index contributed by atoms with van der Waals surface area (Å²) in [5.74, 6) is -0.603. The molecule has 0 spiro atoms. The van der Waals surface area contributed by atoms with Crippen molar-refractivity contribution in [2.45, 2.75) is 12.3 Å². The summed E-state index contributed by atoms with van der Waals surface area (Å²) in [4.78, 5) is 13.7. The molecule has 28 heavy (non-hydrogen) atoms. The Bertz CT molecular complexity index is 889. The Morgan fingerprint density at radius 1 is 1.04 bits per heavy atom. The van der Waals surface area contributed by atoms with Gasteiger partial charge in [-0.2, -0.15) is 0 Å². The van der Waals surface area contributed by atoms with Crippen LogP contribution >= 0.6 is 0 Å². The van der Waals surface area contributed by atoms with E-state index in [1.54, 1.807) is 24.3 Å². The van der Waals surface area contributed by atoms with Gasteiger partial charge in [-0.15, -0.1) is 0 Å². The van der Waals surface area contributed by atoms with Crippen LogP contribution in [0.4, 0.5) is 5.69 Å². The molecule has 0 amide bonds. The summed E-state index contributed by atoms with van der Waals surface area (Å²) in [6.07, 6.45) is 0. The van der Waals surface area contributed by atoms with Gasteiger partial charge >= 0.3 is 5.97 Å². The lowest BCUT2D eigenvalue weighted by Crippen LogP contribution is -2.36. The number of nitrogens with zero attached hydrogens (tertiary/aromatic N) is 1. The minimum absolute atomic E-state index is 0.152. The summed E-state index contributed by atoms with van der Waals surface area (Å²) < 4.78 is 37.3. The smallest absolute Gasteiger partial charge is 0.337 e. The van der Waals surface area contributed by atoms with Crippen molar-refractivity contribution in [2.24, 2.45) is 0 Å². The number of carbonyl (C=O) groups excluding carboxylic acids is 1. The number of morpholine rings is 1. The zero-order valence-electron chi connectivity index (χ0n) is 15.8. The lowest BCUT2D eigenvalue weighted by atomic mass is 10.1. The van der Waals surface area contributed by atoms with Gasteiger partial charge in [0.15, 0.2) is 0 Å². The number of benzene rings is 2. The normalized spacial score (nSPS) is 14.7. The molecule has 0 saturated carbocycles. The highest BCUT2D eigenvalue weighted by atomic mass is 32.2. The molecule has 0 atom stereocenters. The predicted molar refractivity (Wildman–Crippen MR) is 107 cm³/mol. The number of esters is 1. The third-order valence-corrected chi connectivity index (χ3v) is 5.84. The molecule has 7 nitrogen and oxygen atoms in total. The molecule has 0 bridgehead atoms. The second-order valence-electron chi connectivity index (χ2n) is 6.53. The van der Waals surface area contributed by atoms with E-state index in [4.69, 9.17) is 4.74 Å². The summed E-state index contributed by atoms with van der Waals surface area (Å²) in [7, 11) is -2.19. The number of nitrogens with one attached hydrogen (secondary N) is 1. The number of rotatable bonds is 7. The number of carbonyl (C=O) groups is 1. The molecule has 0 radical (unpaired) electrons. The van der Waals surface area contributed by atoms with Gasteiger partial charge in [0.05, 0.1) is 31.6 Å². The molecule has 0 aliphatic carbocycles. The molecule has 150 valence electrons. The highest BCUT2D eigenvalue weighted by molar-refractivity contribution is 7.88. The Morgan fingerprint density at radius 2 is 1.64 bits per heavy atom. The third kappa shape index (κ3) is 5.54. The average molecular weight is 404 g/mol. The monoisotopic (exact) mass is 404 g/mol. The lowest BCUT2D eigenvalue weighted by molar-refractivity contribution is 0.0600. The van der Waals surface area contributed by atoms with Crippen LogP contribution in [0.15, 0.2) is 48.5 Å². The fourth-order valence-corrected chi connectivity index (χ4v) is 4.08. The van der Waals surface area contributed by atoms with Crippen molar-refractivity contribution in [2.75, 3.05) is 38.3 Å². The van der Waals surface area contributed by atoms with Crippen LogP contribution < -0.4 is 9.62 Å². The number of hydrogen-bond acceptors (Lipinski definition) is 6. The van der Waals surface area contributed by atoms with E-state index in [0.717, 1.165) is 37.6 Å². The first-order valence-electron chi connectivity index (χ1n) is 9.03. The maximum atomic E-state index is 12.3.